The molecule has 0 radical (unpaired) electrons. The van der Waals surface area contributed by atoms with Crippen molar-refractivity contribution in [2.45, 2.75) is 25.4 Å². The van der Waals surface area contributed by atoms with E-state index in [0.29, 0.717) is 11.6 Å². The smallest absolute Gasteiger partial charge is 0.414 e. The van der Waals surface area contributed by atoms with Gasteiger partial charge in [0.25, 0.3) is 0 Å². The van der Waals surface area contributed by atoms with Crippen molar-refractivity contribution in [3.8, 4) is 0 Å². The van der Waals surface area contributed by atoms with Gasteiger partial charge in [-0.1, -0.05) is 41.9 Å². The molecule has 0 aliphatic carbocycles. The second-order valence-electron chi connectivity index (χ2n) is 7.73. The highest BCUT2D eigenvalue weighted by atomic mass is 35.5. The van der Waals surface area contributed by atoms with Crippen molar-refractivity contribution in [1.29, 1.82) is 0 Å². The average Bonchev–Trinajstić information content (AvgIpc) is 3.14. The van der Waals surface area contributed by atoms with Crippen LogP contribution >= 0.6 is 11.6 Å². The predicted octanol–water partition coefficient (Wildman–Crippen LogP) is 4.65. The molecule has 29 heavy (non-hydrogen) atoms. The molecule has 1 amide bonds. The highest BCUT2D eigenvalue weighted by Crippen LogP contribution is 2.26. The molecule has 5 nitrogen and oxygen atoms in total. The Morgan fingerprint density at radius 1 is 1.03 bits per heavy atom. The zero-order valence-electron chi connectivity index (χ0n) is 16.3. The van der Waals surface area contributed by atoms with E-state index in [1.54, 1.807) is 17.0 Å². The lowest BCUT2D eigenvalue weighted by atomic mass is 9.89. The quantitative estimate of drug-likeness (QED) is 0.648. The number of rotatable bonds is 6. The second kappa shape index (κ2) is 8.97. The molecule has 152 valence electrons. The van der Waals surface area contributed by atoms with Crippen LogP contribution in [0.4, 0.5) is 10.5 Å². The number of ketones is 1. The zero-order chi connectivity index (χ0) is 20.2. The van der Waals surface area contributed by atoms with Gasteiger partial charge in [0.15, 0.2) is 5.78 Å². The Kier molecular flexibility index (Phi) is 6.16. The Hall–Kier alpha value is -2.37. The lowest BCUT2D eigenvalue weighted by Crippen LogP contribution is -2.38. The van der Waals surface area contributed by atoms with Gasteiger partial charge in [0.05, 0.1) is 6.54 Å². The summed E-state index contributed by atoms with van der Waals surface area (Å²) < 4.78 is 5.54. The van der Waals surface area contributed by atoms with Gasteiger partial charge in [-0.15, -0.1) is 0 Å². The molecule has 2 aromatic carbocycles. The van der Waals surface area contributed by atoms with Crippen molar-refractivity contribution < 1.29 is 14.3 Å². The number of ether oxygens (including phenoxy) is 1. The Morgan fingerprint density at radius 2 is 1.72 bits per heavy atom. The molecule has 0 N–H and O–H groups in total. The molecule has 2 aliphatic rings. The number of carbonyl (C=O) groups is 2. The first kappa shape index (κ1) is 19.9. The number of hydrogen-bond acceptors (Lipinski definition) is 4. The molecule has 2 saturated heterocycles. The average molecular weight is 413 g/mol. The van der Waals surface area contributed by atoms with E-state index in [1.165, 1.54) is 0 Å². The van der Waals surface area contributed by atoms with Crippen molar-refractivity contribution in [2.24, 2.45) is 5.92 Å². The number of piperidine rings is 1. The summed E-state index contributed by atoms with van der Waals surface area (Å²) in [5.74, 6) is 0.368. The molecule has 2 fully saturated rings. The van der Waals surface area contributed by atoms with Gasteiger partial charge in [-0.25, -0.2) is 4.79 Å². The topological polar surface area (TPSA) is 49.9 Å². The van der Waals surface area contributed by atoms with Crippen LogP contribution < -0.4 is 4.90 Å². The third kappa shape index (κ3) is 4.80. The maximum Gasteiger partial charge on any atom is 0.414 e. The molecule has 0 spiro atoms. The number of nitrogens with zero attached hydrogens (tertiary/aromatic N) is 2. The minimum atomic E-state index is -0.301. The van der Waals surface area contributed by atoms with E-state index >= 15 is 0 Å². The molecule has 2 aromatic rings. The van der Waals surface area contributed by atoms with Gasteiger partial charge >= 0.3 is 6.09 Å². The van der Waals surface area contributed by atoms with E-state index in [2.05, 4.69) is 4.90 Å². The minimum Gasteiger partial charge on any atom is -0.444 e. The number of anilines is 1. The highest BCUT2D eigenvalue weighted by molar-refractivity contribution is 6.30. The number of amides is 1. The zero-order valence-corrected chi connectivity index (χ0v) is 17.1. The number of benzene rings is 2. The van der Waals surface area contributed by atoms with Crippen molar-refractivity contribution in [3.63, 3.8) is 0 Å². The fourth-order valence-electron chi connectivity index (χ4n) is 4.09. The first-order valence-electron chi connectivity index (χ1n) is 10.2. The molecular formula is C23H25ClN2O3. The maximum absolute atomic E-state index is 12.6. The van der Waals surface area contributed by atoms with Crippen LogP contribution in [-0.4, -0.2) is 49.1 Å². The third-order valence-corrected chi connectivity index (χ3v) is 6.05. The van der Waals surface area contributed by atoms with Crippen LogP contribution in [0.15, 0.2) is 54.6 Å². The van der Waals surface area contributed by atoms with E-state index in [1.807, 2.05) is 42.5 Å². The predicted molar refractivity (Wildman–Crippen MR) is 114 cm³/mol. The molecule has 6 heteroatoms. The van der Waals surface area contributed by atoms with Gasteiger partial charge in [-0.3, -0.25) is 9.69 Å². The summed E-state index contributed by atoms with van der Waals surface area (Å²) in [7, 11) is 0. The van der Waals surface area contributed by atoms with Crippen LogP contribution in [0.1, 0.15) is 29.6 Å². The van der Waals surface area contributed by atoms with Crippen molar-refractivity contribution in [3.05, 3.63) is 65.2 Å². The van der Waals surface area contributed by atoms with Crippen molar-refractivity contribution >= 4 is 29.2 Å². The molecule has 4 rings (SSSR count). The molecular weight excluding hydrogens is 388 g/mol. The van der Waals surface area contributed by atoms with Crippen LogP contribution in [-0.2, 0) is 4.74 Å². The number of hydrogen-bond donors (Lipinski definition) is 0. The van der Waals surface area contributed by atoms with Gasteiger partial charge in [0.1, 0.15) is 6.10 Å². The molecule has 2 aliphatic heterocycles. The fourth-order valence-corrected chi connectivity index (χ4v) is 4.21. The molecule has 0 bridgehead atoms. The van der Waals surface area contributed by atoms with Crippen LogP contribution in [0.5, 0.6) is 0 Å². The summed E-state index contributed by atoms with van der Waals surface area (Å²) in [5.41, 5.74) is 1.62. The first-order valence-corrected chi connectivity index (χ1v) is 10.5. The molecule has 2 heterocycles. The summed E-state index contributed by atoms with van der Waals surface area (Å²) in [6.45, 7) is 3.25. The summed E-state index contributed by atoms with van der Waals surface area (Å²) in [5, 5.41) is 0.645. The number of Topliss-reactive ketones (excluding diaryl/α,β-unsaturated/α-hetero) is 1. The van der Waals surface area contributed by atoms with Crippen molar-refractivity contribution in [1.82, 2.24) is 4.90 Å². The summed E-state index contributed by atoms with van der Waals surface area (Å²) in [6, 6.07) is 16.8. The summed E-state index contributed by atoms with van der Waals surface area (Å²) in [4.78, 5) is 28.8. The van der Waals surface area contributed by atoms with E-state index in [-0.39, 0.29) is 23.9 Å². The number of carbonyl (C=O) groups excluding carboxylic acids is 2. The number of likely N-dealkylation sites (tertiary alicyclic amines) is 1. The van der Waals surface area contributed by atoms with Gasteiger partial charge in [-0.2, -0.15) is 0 Å². The Morgan fingerprint density at radius 3 is 2.41 bits per heavy atom. The van der Waals surface area contributed by atoms with E-state index < -0.39 is 0 Å². The van der Waals surface area contributed by atoms with Gasteiger partial charge < -0.3 is 9.64 Å². The monoisotopic (exact) mass is 412 g/mol. The van der Waals surface area contributed by atoms with Crippen LogP contribution in [0.25, 0.3) is 0 Å². The molecule has 1 atom stereocenters. The minimum absolute atomic E-state index is 0.109. The lowest BCUT2D eigenvalue weighted by Gasteiger charge is -2.31. The number of halogens is 1. The SMILES string of the molecule is O=C(c1ccccc1)C1CCN(CCC2CN(c3ccc(Cl)cc3)C(=O)O2)CC1. The van der Waals surface area contributed by atoms with Gasteiger partial charge in [0.2, 0.25) is 0 Å². The van der Waals surface area contributed by atoms with E-state index in [9.17, 15) is 9.59 Å². The Labute approximate surface area is 176 Å². The first-order chi connectivity index (χ1) is 14.1. The fraction of sp³-hybridized carbons (Fsp3) is 0.391. The Balaban J connectivity index is 1.23. The second-order valence-corrected chi connectivity index (χ2v) is 8.16. The molecule has 0 aromatic heterocycles. The lowest BCUT2D eigenvalue weighted by molar-refractivity contribution is 0.0815. The van der Waals surface area contributed by atoms with E-state index in [0.717, 1.165) is 50.1 Å². The number of cyclic esters (lactones) is 1. The normalized spacial score (nSPS) is 20.7. The Bertz CT molecular complexity index is 848. The molecule has 0 saturated carbocycles. The summed E-state index contributed by atoms with van der Waals surface area (Å²) in [6.07, 6.45) is 2.16. The summed E-state index contributed by atoms with van der Waals surface area (Å²) >= 11 is 5.92. The van der Waals surface area contributed by atoms with Crippen LogP contribution in [0, 0.1) is 5.92 Å². The van der Waals surface area contributed by atoms with Gasteiger partial charge in [0, 0.05) is 28.7 Å². The largest absolute Gasteiger partial charge is 0.444 e. The van der Waals surface area contributed by atoms with Crippen molar-refractivity contribution in [2.75, 3.05) is 31.1 Å². The third-order valence-electron chi connectivity index (χ3n) is 5.80. The van der Waals surface area contributed by atoms with Gasteiger partial charge in [-0.05, 0) is 56.6 Å². The maximum atomic E-state index is 12.6. The van der Waals surface area contributed by atoms with Crippen LogP contribution in [0.3, 0.4) is 0 Å². The van der Waals surface area contributed by atoms with E-state index in [4.69, 9.17) is 16.3 Å². The standard InChI is InChI=1S/C23H25ClN2O3/c24-19-6-8-20(9-7-19)26-16-21(29-23(26)28)12-15-25-13-10-18(11-14-25)22(27)17-4-2-1-3-5-17/h1-9,18,21H,10-16H2. The highest BCUT2D eigenvalue weighted by Gasteiger charge is 2.33. The van der Waals surface area contributed by atoms with Crippen LogP contribution in [0.2, 0.25) is 5.02 Å². The molecule has 1 unspecified atom stereocenters.